The van der Waals surface area contributed by atoms with Gasteiger partial charge in [-0.1, -0.05) is 31.2 Å². The Labute approximate surface area is 102 Å². The van der Waals surface area contributed by atoms with Crippen LogP contribution in [0.25, 0.3) is 11.1 Å². The summed E-state index contributed by atoms with van der Waals surface area (Å²) >= 11 is 0. The van der Waals surface area contributed by atoms with Crippen LogP contribution >= 0.6 is 0 Å². The van der Waals surface area contributed by atoms with E-state index in [1.54, 1.807) is 0 Å². The summed E-state index contributed by atoms with van der Waals surface area (Å²) in [5, 5.41) is 4.42. The number of rotatable bonds is 4. The molecule has 2 rings (SSSR count). The van der Waals surface area contributed by atoms with Crippen LogP contribution in [0, 0.1) is 6.92 Å². The highest BCUT2D eigenvalue weighted by Crippen LogP contribution is 2.23. The highest BCUT2D eigenvalue weighted by molar-refractivity contribution is 5.65. The molecule has 0 atom stereocenters. The molecule has 0 bridgehead atoms. The van der Waals surface area contributed by atoms with Gasteiger partial charge in [-0.25, -0.2) is 0 Å². The monoisotopic (exact) mass is 229 g/mol. The van der Waals surface area contributed by atoms with E-state index in [1.807, 2.05) is 6.20 Å². The lowest BCUT2D eigenvalue weighted by Gasteiger charge is -2.04. The fourth-order valence-corrected chi connectivity index (χ4v) is 1.99. The SMILES string of the molecule is CCCn1ncc(-c2ccc(CN)cc2)c1C. The zero-order valence-electron chi connectivity index (χ0n) is 10.5. The van der Waals surface area contributed by atoms with E-state index in [2.05, 4.69) is 47.9 Å². The first-order valence-electron chi connectivity index (χ1n) is 6.08. The molecule has 1 aromatic carbocycles. The molecule has 0 fully saturated rings. The average molecular weight is 229 g/mol. The van der Waals surface area contributed by atoms with Crippen molar-refractivity contribution < 1.29 is 0 Å². The standard InChI is InChI=1S/C14H19N3/c1-3-8-17-11(2)14(10-16-17)13-6-4-12(9-15)5-7-13/h4-7,10H,3,8-9,15H2,1-2H3. The predicted molar refractivity (Wildman–Crippen MR) is 70.6 cm³/mol. The molecular formula is C14H19N3. The van der Waals surface area contributed by atoms with Gasteiger partial charge in [-0.15, -0.1) is 0 Å². The van der Waals surface area contributed by atoms with Crippen LogP contribution in [0.4, 0.5) is 0 Å². The minimum atomic E-state index is 0.592. The Balaban J connectivity index is 2.32. The summed E-state index contributed by atoms with van der Waals surface area (Å²) in [6.45, 7) is 5.85. The van der Waals surface area contributed by atoms with Crippen molar-refractivity contribution >= 4 is 0 Å². The summed E-state index contributed by atoms with van der Waals surface area (Å²) in [7, 11) is 0. The second-order valence-electron chi connectivity index (χ2n) is 4.27. The van der Waals surface area contributed by atoms with Gasteiger partial charge in [0.2, 0.25) is 0 Å². The van der Waals surface area contributed by atoms with E-state index in [-0.39, 0.29) is 0 Å². The van der Waals surface area contributed by atoms with Crippen molar-refractivity contribution in [1.29, 1.82) is 0 Å². The van der Waals surface area contributed by atoms with E-state index < -0.39 is 0 Å². The van der Waals surface area contributed by atoms with E-state index in [9.17, 15) is 0 Å². The molecule has 0 amide bonds. The quantitative estimate of drug-likeness (QED) is 0.876. The largest absolute Gasteiger partial charge is 0.326 e. The van der Waals surface area contributed by atoms with Crippen molar-refractivity contribution in [3.8, 4) is 11.1 Å². The van der Waals surface area contributed by atoms with Gasteiger partial charge < -0.3 is 5.73 Å². The van der Waals surface area contributed by atoms with Gasteiger partial charge in [0.1, 0.15) is 0 Å². The Morgan fingerprint density at radius 2 is 1.94 bits per heavy atom. The highest BCUT2D eigenvalue weighted by atomic mass is 15.3. The Kier molecular flexibility index (Phi) is 3.59. The van der Waals surface area contributed by atoms with Crippen LogP contribution in [0.2, 0.25) is 0 Å². The topological polar surface area (TPSA) is 43.8 Å². The first-order chi connectivity index (χ1) is 8.26. The number of hydrogen-bond donors (Lipinski definition) is 1. The maximum atomic E-state index is 5.60. The molecule has 0 radical (unpaired) electrons. The molecule has 0 spiro atoms. The summed E-state index contributed by atoms with van der Waals surface area (Å²) < 4.78 is 2.06. The normalized spacial score (nSPS) is 10.8. The van der Waals surface area contributed by atoms with Gasteiger partial charge in [0.15, 0.2) is 0 Å². The molecule has 0 unspecified atom stereocenters. The average Bonchev–Trinajstić information content (AvgIpc) is 2.72. The van der Waals surface area contributed by atoms with E-state index in [0.717, 1.165) is 18.5 Å². The maximum absolute atomic E-state index is 5.60. The molecular weight excluding hydrogens is 210 g/mol. The second-order valence-corrected chi connectivity index (χ2v) is 4.27. The third-order valence-electron chi connectivity index (χ3n) is 3.04. The lowest BCUT2D eigenvalue weighted by molar-refractivity contribution is 0.587. The summed E-state index contributed by atoms with van der Waals surface area (Å²) in [6.07, 6.45) is 3.05. The van der Waals surface area contributed by atoms with Crippen molar-refractivity contribution in [2.75, 3.05) is 0 Å². The van der Waals surface area contributed by atoms with Gasteiger partial charge in [-0.05, 0) is 24.5 Å². The molecule has 2 aromatic rings. The first-order valence-corrected chi connectivity index (χ1v) is 6.08. The van der Waals surface area contributed by atoms with Crippen LogP contribution in [0.1, 0.15) is 24.6 Å². The fourth-order valence-electron chi connectivity index (χ4n) is 1.99. The smallest absolute Gasteiger partial charge is 0.0571 e. The summed E-state index contributed by atoms with van der Waals surface area (Å²) in [5.41, 5.74) is 10.4. The Morgan fingerprint density at radius 3 is 2.53 bits per heavy atom. The number of aromatic nitrogens is 2. The minimum Gasteiger partial charge on any atom is -0.326 e. The van der Waals surface area contributed by atoms with Crippen LogP contribution in [-0.4, -0.2) is 9.78 Å². The Hall–Kier alpha value is -1.61. The summed E-state index contributed by atoms with van der Waals surface area (Å²) in [6, 6.07) is 8.38. The molecule has 0 aliphatic carbocycles. The molecule has 0 saturated heterocycles. The van der Waals surface area contributed by atoms with Crippen molar-refractivity contribution in [3.63, 3.8) is 0 Å². The Bertz CT molecular complexity index is 483. The lowest BCUT2D eigenvalue weighted by atomic mass is 10.0. The minimum absolute atomic E-state index is 0.592. The van der Waals surface area contributed by atoms with Crippen LogP contribution in [0.5, 0.6) is 0 Å². The molecule has 0 saturated carbocycles. The third kappa shape index (κ3) is 2.39. The molecule has 17 heavy (non-hydrogen) atoms. The van der Waals surface area contributed by atoms with Gasteiger partial charge in [-0.3, -0.25) is 4.68 Å². The zero-order chi connectivity index (χ0) is 12.3. The van der Waals surface area contributed by atoms with Crippen LogP contribution in [0.15, 0.2) is 30.5 Å². The molecule has 2 N–H and O–H groups in total. The predicted octanol–water partition coefficient (Wildman–Crippen LogP) is 2.73. The molecule has 1 aromatic heterocycles. The zero-order valence-corrected chi connectivity index (χ0v) is 10.5. The molecule has 0 aliphatic rings. The van der Waals surface area contributed by atoms with E-state index >= 15 is 0 Å². The van der Waals surface area contributed by atoms with E-state index in [4.69, 9.17) is 5.73 Å². The third-order valence-corrected chi connectivity index (χ3v) is 3.04. The highest BCUT2D eigenvalue weighted by Gasteiger charge is 2.07. The van der Waals surface area contributed by atoms with Gasteiger partial charge in [0.25, 0.3) is 0 Å². The Morgan fingerprint density at radius 1 is 1.24 bits per heavy atom. The lowest BCUT2D eigenvalue weighted by Crippen LogP contribution is -2.01. The van der Waals surface area contributed by atoms with Crippen molar-refractivity contribution in [2.45, 2.75) is 33.4 Å². The number of nitrogens with two attached hydrogens (primary N) is 1. The maximum Gasteiger partial charge on any atom is 0.0571 e. The number of hydrogen-bond acceptors (Lipinski definition) is 2. The molecule has 3 nitrogen and oxygen atoms in total. The number of aryl methyl sites for hydroxylation is 1. The first kappa shape index (κ1) is 11.9. The van der Waals surface area contributed by atoms with E-state index in [0.29, 0.717) is 6.54 Å². The van der Waals surface area contributed by atoms with Crippen molar-refractivity contribution in [1.82, 2.24) is 9.78 Å². The van der Waals surface area contributed by atoms with Crippen molar-refractivity contribution in [2.24, 2.45) is 5.73 Å². The van der Waals surface area contributed by atoms with Crippen LogP contribution in [0.3, 0.4) is 0 Å². The molecule has 0 aliphatic heterocycles. The van der Waals surface area contributed by atoms with Crippen LogP contribution in [-0.2, 0) is 13.1 Å². The van der Waals surface area contributed by atoms with Gasteiger partial charge in [0, 0.05) is 24.3 Å². The second kappa shape index (κ2) is 5.15. The van der Waals surface area contributed by atoms with Crippen molar-refractivity contribution in [3.05, 3.63) is 41.7 Å². The summed E-state index contributed by atoms with van der Waals surface area (Å²) in [4.78, 5) is 0. The summed E-state index contributed by atoms with van der Waals surface area (Å²) in [5.74, 6) is 0. The number of benzene rings is 1. The number of nitrogens with zero attached hydrogens (tertiary/aromatic N) is 2. The van der Waals surface area contributed by atoms with E-state index in [1.165, 1.54) is 16.8 Å². The molecule has 1 heterocycles. The fraction of sp³-hybridized carbons (Fsp3) is 0.357. The molecule has 90 valence electrons. The van der Waals surface area contributed by atoms with Gasteiger partial charge in [0.05, 0.1) is 6.20 Å². The molecule has 3 heteroatoms. The van der Waals surface area contributed by atoms with Gasteiger partial charge >= 0.3 is 0 Å². The van der Waals surface area contributed by atoms with Gasteiger partial charge in [-0.2, -0.15) is 5.10 Å². The van der Waals surface area contributed by atoms with Crippen LogP contribution < -0.4 is 5.73 Å².